The maximum atomic E-state index is 13.0. The molecule has 0 spiro atoms. The summed E-state index contributed by atoms with van der Waals surface area (Å²) in [5.74, 6) is 0.224. The number of nitrogens with zero attached hydrogens (tertiary/aromatic N) is 2. The zero-order valence-corrected chi connectivity index (χ0v) is 17.2. The van der Waals surface area contributed by atoms with Gasteiger partial charge in [0.15, 0.2) is 0 Å². The van der Waals surface area contributed by atoms with Crippen molar-refractivity contribution in [1.82, 2.24) is 14.3 Å². The van der Waals surface area contributed by atoms with Gasteiger partial charge in [-0.2, -0.15) is 0 Å². The van der Waals surface area contributed by atoms with Crippen LogP contribution >= 0.6 is 0 Å². The maximum absolute atomic E-state index is 13.0. The molecule has 6 nitrogen and oxygen atoms in total. The first-order valence-electron chi connectivity index (χ1n) is 8.92. The minimum Gasteiger partial charge on any atom is -0.495 e. The van der Waals surface area contributed by atoms with Gasteiger partial charge in [0, 0.05) is 17.6 Å². The van der Waals surface area contributed by atoms with Crippen LogP contribution in [0.4, 0.5) is 4.39 Å². The summed E-state index contributed by atoms with van der Waals surface area (Å²) < 4.78 is 47.6. The molecule has 0 amide bonds. The number of imidazole rings is 1. The van der Waals surface area contributed by atoms with E-state index in [1.165, 1.54) is 18.2 Å². The molecule has 152 valence electrons. The Morgan fingerprint density at radius 1 is 1.21 bits per heavy atom. The molecule has 1 N–H and O–H groups in total. The summed E-state index contributed by atoms with van der Waals surface area (Å²) in [7, 11) is -2.14. The fraction of sp³-hybridized carbons (Fsp3) is 0.190. The van der Waals surface area contributed by atoms with Crippen LogP contribution in [0.1, 0.15) is 29.8 Å². The van der Waals surface area contributed by atoms with E-state index in [1.807, 2.05) is 23.8 Å². The molecule has 1 aromatic heterocycles. The van der Waals surface area contributed by atoms with E-state index in [2.05, 4.69) is 9.71 Å². The summed E-state index contributed by atoms with van der Waals surface area (Å²) in [6.07, 6.45) is 5.05. The van der Waals surface area contributed by atoms with Crippen molar-refractivity contribution < 1.29 is 17.5 Å². The third-order valence-corrected chi connectivity index (χ3v) is 5.52. The average Bonchev–Trinajstić information content (AvgIpc) is 3.12. The Bertz CT molecular complexity index is 1120. The van der Waals surface area contributed by atoms with Crippen molar-refractivity contribution in [1.29, 1.82) is 0 Å². The molecular formula is C21H22FN3O3S. The van der Waals surface area contributed by atoms with Crippen LogP contribution < -0.4 is 9.46 Å². The molecule has 3 rings (SSSR count). The number of aromatic nitrogens is 2. The highest BCUT2D eigenvalue weighted by molar-refractivity contribution is 7.92. The van der Waals surface area contributed by atoms with Gasteiger partial charge >= 0.3 is 0 Å². The van der Waals surface area contributed by atoms with Crippen molar-refractivity contribution in [3.63, 3.8) is 0 Å². The number of aryl methyl sites for hydroxylation is 1. The van der Waals surface area contributed by atoms with Gasteiger partial charge in [0.25, 0.3) is 0 Å². The third-order valence-electron chi connectivity index (χ3n) is 4.34. The van der Waals surface area contributed by atoms with Gasteiger partial charge in [-0.3, -0.25) is 0 Å². The van der Waals surface area contributed by atoms with Gasteiger partial charge in [0.1, 0.15) is 11.6 Å². The highest BCUT2D eigenvalue weighted by Crippen LogP contribution is 2.25. The van der Waals surface area contributed by atoms with E-state index in [1.54, 1.807) is 44.6 Å². The normalized spacial score (nSPS) is 13.0. The molecule has 2 aromatic carbocycles. The number of sulfonamides is 1. The van der Waals surface area contributed by atoms with E-state index in [0.717, 1.165) is 16.8 Å². The zero-order valence-electron chi connectivity index (χ0n) is 16.3. The zero-order chi connectivity index (χ0) is 21.0. The molecule has 0 aliphatic rings. The lowest BCUT2D eigenvalue weighted by Crippen LogP contribution is -2.24. The molecule has 0 aliphatic heterocycles. The summed E-state index contributed by atoms with van der Waals surface area (Å²) >= 11 is 0. The first kappa shape index (κ1) is 20.8. The van der Waals surface area contributed by atoms with Crippen molar-refractivity contribution in [3.05, 3.63) is 83.0 Å². The fourth-order valence-corrected chi connectivity index (χ4v) is 3.88. The van der Waals surface area contributed by atoms with E-state index >= 15 is 0 Å². The molecule has 0 radical (unpaired) electrons. The Hall–Kier alpha value is -2.97. The van der Waals surface area contributed by atoms with E-state index in [9.17, 15) is 12.8 Å². The molecule has 0 unspecified atom stereocenters. The van der Waals surface area contributed by atoms with Gasteiger partial charge in [-0.05, 0) is 55.3 Å². The summed E-state index contributed by atoms with van der Waals surface area (Å²) in [6, 6.07) is 10.6. The number of nitrogens with one attached hydrogen (secondary N) is 1. The molecule has 0 aliphatic carbocycles. The molecule has 3 aromatic rings. The second-order valence-corrected chi connectivity index (χ2v) is 8.19. The SMILES string of the molecule is COc1cc(C=CS(=O)(=O)N[C@@H](C)c2ccc(F)cc2)ccc1-n1cnc(C)c1. The minimum atomic E-state index is -3.70. The van der Waals surface area contributed by atoms with Crippen LogP contribution in [0.3, 0.4) is 0 Å². The van der Waals surface area contributed by atoms with E-state index in [-0.39, 0.29) is 5.82 Å². The number of rotatable bonds is 7. The molecule has 0 saturated heterocycles. The Morgan fingerprint density at radius 3 is 2.55 bits per heavy atom. The number of hydrogen-bond acceptors (Lipinski definition) is 4. The molecule has 29 heavy (non-hydrogen) atoms. The first-order valence-corrected chi connectivity index (χ1v) is 10.5. The van der Waals surface area contributed by atoms with Crippen LogP contribution in [0.2, 0.25) is 0 Å². The molecular weight excluding hydrogens is 393 g/mol. The summed E-state index contributed by atoms with van der Waals surface area (Å²) in [4.78, 5) is 4.20. The quantitative estimate of drug-likeness (QED) is 0.634. The van der Waals surface area contributed by atoms with E-state index in [4.69, 9.17) is 4.74 Å². The molecule has 0 fully saturated rings. The van der Waals surface area contributed by atoms with Gasteiger partial charge < -0.3 is 9.30 Å². The monoisotopic (exact) mass is 415 g/mol. The Labute approximate surface area is 169 Å². The number of methoxy groups -OCH3 is 1. The maximum Gasteiger partial charge on any atom is 0.234 e. The van der Waals surface area contributed by atoms with Gasteiger partial charge in [0.05, 0.1) is 24.8 Å². The van der Waals surface area contributed by atoms with Crippen LogP contribution in [0, 0.1) is 12.7 Å². The van der Waals surface area contributed by atoms with Crippen LogP contribution in [0.25, 0.3) is 11.8 Å². The van der Waals surface area contributed by atoms with E-state index < -0.39 is 16.1 Å². The van der Waals surface area contributed by atoms with Crippen LogP contribution in [0.15, 0.2) is 60.4 Å². The summed E-state index contributed by atoms with van der Waals surface area (Å²) in [5, 5.41) is 1.10. The summed E-state index contributed by atoms with van der Waals surface area (Å²) in [6.45, 7) is 3.59. The van der Waals surface area contributed by atoms with Gasteiger partial charge in [-0.15, -0.1) is 0 Å². The molecule has 8 heteroatoms. The van der Waals surface area contributed by atoms with E-state index in [0.29, 0.717) is 16.9 Å². The van der Waals surface area contributed by atoms with Crippen molar-refractivity contribution in [3.8, 4) is 11.4 Å². The number of hydrogen-bond donors (Lipinski definition) is 1. The number of ether oxygens (including phenoxy) is 1. The van der Waals surface area contributed by atoms with Crippen molar-refractivity contribution >= 4 is 16.1 Å². The van der Waals surface area contributed by atoms with Crippen molar-refractivity contribution in [2.45, 2.75) is 19.9 Å². The lowest BCUT2D eigenvalue weighted by Gasteiger charge is -2.13. The topological polar surface area (TPSA) is 73.2 Å². The molecule has 1 atom stereocenters. The largest absolute Gasteiger partial charge is 0.495 e. The first-order chi connectivity index (χ1) is 13.8. The second-order valence-electron chi connectivity index (χ2n) is 6.59. The van der Waals surface area contributed by atoms with Crippen LogP contribution in [-0.2, 0) is 10.0 Å². The van der Waals surface area contributed by atoms with Gasteiger partial charge in [0.2, 0.25) is 10.0 Å². The molecule has 0 bridgehead atoms. The fourth-order valence-electron chi connectivity index (χ4n) is 2.84. The Balaban J connectivity index is 1.76. The average molecular weight is 415 g/mol. The predicted molar refractivity (Wildman–Crippen MR) is 111 cm³/mol. The Morgan fingerprint density at radius 2 is 1.93 bits per heavy atom. The van der Waals surface area contributed by atoms with Crippen LogP contribution in [0.5, 0.6) is 5.75 Å². The highest BCUT2D eigenvalue weighted by Gasteiger charge is 2.13. The van der Waals surface area contributed by atoms with Crippen molar-refractivity contribution in [2.24, 2.45) is 0 Å². The van der Waals surface area contributed by atoms with Crippen molar-refractivity contribution in [2.75, 3.05) is 7.11 Å². The summed E-state index contributed by atoms with van der Waals surface area (Å²) in [5.41, 5.74) is 3.02. The van der Waals surface area contributed by atoms with Crippen LogP contribution in [-0.4, -0.2) is 25.1 Å². The standard InChI is InChI=1S/C21H22FN3O3S/c1-15-13-25(14-23-15)20-9-4-17(12-21(20)28-3)10-11-29(26,27)24-16(2)18-5-7-19(22)8-6-18/h4-14,16,24H,1-3H3/t16-/m0/s1. The number of benzene rings is 2. The lowest BCUT2D eigenvalue weighted by molar-refractivity contribution is 0.413. The highest BCUT2D eigenvalue weighted by atomic mass is 32.2. The minimum absolute atomic E-state index is 0.369. The molecule has 1 heterocycles. The smallest absolute Gasteiger partial charge is 0.234 e. The molecule has 0 saturated carbocycles. The van der Waals surface area contributed by atoms with Gasteiger partial charge in [-0.1, -0.05) is 18.2 Å². The number of halogens is 1. The third kappa shape index (κ3) is 5.30. The Kier molecular flexibility index (Phi) is 6.14. The second kappa shape index (κ2) is 8.59. The van der Waals surface area contributed by atoms with Gasteiger partial charge in [-0.25, -0.2) is 22.5 Å². The predicted octanol–water partition coefficient (Wildman–Crippen LogP) is 3.98. The lowest BCUT2D eigenvalue weighted by atomic mass is 10.1.